The van der Waals surface area contributed by atoms with E-state index in [0.29, 0.717) is 5.75 Å². The molecule has 0 atom stereocenters. The Bertz CT molecular complexity index is 553. The van der Waals surface area contributed by atoms with Gasteiger partial charge >= 0.3 is 6.98 Å². The number of hydrogen-bond donors (Lipinski definition) is 1. The van der Waals surface area contributed by atoms with Gasteiger partial charge in [-0.05, 0) is 29.8 Å². The fourth-order valence-electron chi connectivity index (χ4n) is 1.60. The van der Waals surface area contributed by atoms with Crippen LogP contribution in [-0.2, 0) is 6.61 Å². The van der Waals surface area contributed by atoms with Crippen LogP contribution < -0.4 is 10.2 Å². The van der Waals surface area contributed by atoms with Crippen molar-refractivity contribution in [3.05, 3.63) is 54.1 Å². The SMILES string of the molecule is Oc1cccc(COc2ccc([B-](F)(F)F)cc2)c1. The van der Waals surface area contributed by atoms with Crippen molar-refractivity contribution in [2.75, 3.05) is 0 Å². The van der Waals surface area contributed by atoms with Crippen LogP contribution in [0.3, 0.4) is 0 Å². The molecule has 0 heterocycles. The lowest BCUT2D eigenvalue weighted by Crippen LogP contribution is -2.33. The van der Waals surface area contributed by atoms with Crippen LogP contribution in [0, 0.1) is 0 Å². The molecule has 0 amide bonds. The average molecular weight is 267 g/mol. The predicted molar refractivity (Wildman–Crippen MR) is 67.6 cm³/mol. The number of benzene rings is 2. The summed E-state index contributed by atoms with van der Waals surface area (Å²) in [4.78, 5) is 0. The summed E-state index contributed by atoms with van der Waals surface area (Å²) in [6, 6.07) is 11.1. The van der Waals surface area contributed by atoms with Crippen molar-refractivity contribution in [1.82, 2.24) is 0 Å². The van der Waals surface area contributed by atoms with Crippen LogP contribution in [-0.4, -0.2) is 12.1 Å². The second-order valence-corrected chi connectivity index (χ2v) is 4.10. The number of aromatic hydroxyl groups is 1. The first kappa shape index (κ1) is 13.3. The minimum absolute atomic E-state index is 0.121. The second-order valence-electron chi connectivity index (χ2n) is 4.10. The zero-order chi connectivity index (χ0) is 13.9. The molecule has 6 heteroatoms. The molecule has 0 spiro atoms. The number of hydrogen-bond acceptors (Lipinski definition) is 2. The highest BCUT2D eigenvalue weighted by molar-refractivity contribution is 6.73. The highest BCUT2D eigenvalue weighted by Crippen LogP contribution is 2.16. The molecular weight excluding hydrogens is 256 g/mol. The molecular formula is C13H11BF3O2-. The Labute approximate surface area is 108 Å². The first-order valence-electron chi connectivity index (χ1n) is 5.66. The smallest absolute Gasteiger partial charge is 0.508 e. The molecule has 0 aliphatic carbocycles. The van der Waals surface area contributed by atoms with E-state index in [1.165, 1.54) is 24.3 Å². The lowest BCUT2D eigenvalue weighted by atomic mass is 9.80. The van der Waals surface area contributed by atoms with Gasteiger partial charge in [0.2, 0.25) is 0 Å². The molecule has 0 bridgehead atoms. The zero-order valence-electron chi connectivity index (χ0n) is 9.89. The quantitative estimate of drug-likeness (QED) is 0.863. The molecule has 2 rings (SSSR count). The summed E-state index contributed by atoms with van der Waals surface area (Å²) >= 11 is 0. The van der Waals surface area contributed by atoms with E-state index in [4.69, 9.17) is 4.74 Å². The molecule has 0 saturated carbocycles. The van der Waals surface area contributed by atoms with Gasteiger partial charge in [0.25, 0.3) is 0 Å². The van der Waals surface area contributed by atoms with Crippen molar-refractivity contribution in [3.63, 3.8) is 0 Å². The number of rotatable bonds is 4. The zero-order valence-corrected chi connectivity index (χ0v) is 9.89. The Hall–Kier alpha value is -2.11. The molecule has 0 fully saturated rings. The maximum Gasteiger partial charge on any atom is 0.509 e. The Morgan fingerprint density at radius 3 is 2.26 bits per heavy atom. The highest BCUT2D eigenvalue weighted by Gasteiger charge is 2.24. The van der Waals surface area contributed by atoms with E-state index in [-0.39, 0.29) is 12.4 Å². The Morgan fingerprint density at radius 2 is 1.68 bits per heavy atom. The van der Waals surface area contributed by atoms with Crippen LogP contribution in [0.1, 0.15) is 5.56 Å². The van der Waals surface area contributed by atoms with E-state index in [0.717, 1.165) is 17.7 Å². The third-order valence-electron chi connectivity index (χ3n) is 2.57. The summed E-state index contributed by atoms with van der Waals surface area (Å²) in [5.41, 5.74) is 0.0915. The Morgan fingerprint density at radius 1 is 1.00 bits per heavy atom. The van der Waals surface area contributed by atoms with Crippen LogP contribution in [0.15, 0.2) is 48.5 Å². The van der Waals surface area contributed by atoms with Gasteiger partial charge in [0, 0.05) is 0 Å². The van der Waals surface area contributed by atoms with Gasteiger partial charge in [0.05, 0.1) is 0 Å². The van der Waals surface area contributed by atoms with Gasteiger partial charge in [0.15, 0.2) is 0 Å². The van der Waals surface area contributed by atoms with Crippen molar-refractivity contribution in [1.29, 1.82) is 0 Å². The van der Waals surface area contributed by atoms with Gasteiger partial charge in [-0.15, -0.1) is 5.46 Å². The van der Waals surface area contributed by atoms with E-state index < -0.39 is 12.4 Å². The first-order chi connectivity index (χ1) is 8.95. The number of phenolic OH excluding ortho intramolecular Hbond substituents is 1. The molecule has 19 heavy (non-hydrogen) atoms. The lowest BCUT2D eigenvalue weighted by molar-refractivity contribution is 0.305. The largest absolute Gasteiger partial charge is 0.509 e. The van der Waals surface area contributed by atoms with Crippen LogP contribution >= 0.6 is 0 Å². The molecule has 0 aromatic heterocycles. The van der Waals surface area contributed by atoms with Crippen molar-refractivity contribution >= 4 is 12.4 Å². The Kier molecular flexibility index (Phi) is 3.69. The third-order valence-corrected chi connectivity index (χ3v) is 2.57. The summed E-state index contributed by atoms with van der Waals surface area (Å²) in [6.45, 7) is -4.79. The van der Waals surface area contributed by atoms with Crippen molar-refractivity contribution in [3.8, 4) is 11.5 Å². The molecule has 2 nitrogen and oxygen atoms in total. The minimum atomic E-state index is -4.97. The number of halogens is 3. The van der Waals surface area contributed by atoms with Gasteiger partial charge in [-0.1, -0.05) is 24.3 Å². The maximum absolute atomic E-state index is 12.4. The summed E-state index contributed by atoms with van der Waals surface area (Å²) in [5, 5.41) is 9.26. The second kappa shape index (κ2) is 5.26. The van der Waals surface area contributed by atoms with E-state index in [2.05, 4.69) is 0 Å². The lowest BCUT2D eigenvalue weighted by Gasteiger charge is -2.15. The van der Waals surface area contributed by atoms with Gasteiger partial charge in [-0.3, -0.25) is 0 Å². The van der Waals surface area contributed by atoms with Crippen LogP contribution in [0.4, 0.5) is 12.9 Å². The number of ether oxygens (including phenoxy) is 1. The highest BCUT2D eigenvalue weighted by atomic mass is 19.4. The molecule has 0 radical (unpaired) electrons. The molecule has 0 unspecified atom stereocenters. The van der Waals surface area contributed by atoms with Crippen LogP contribution in [0.25, 0.3) is 0 Å². The predicted octanol–water partition coefficient (Wildman–Crippen LogP) is 3.03. The van der Waals surface area contributed by atoms with E-state index in [9.17, 15) is 18.1 Å². The van der Waals surface area contributed by atoms with E-state index >= 15 is 0 Å². The topological polar surface area (TPSA) is 29.5 Å². The maximum atomic E-state index is 12.4. The molecule has 1 N–H and O–H groups in total. The van der Waals surface area contributed by atoms with Gasteiger partial charge in [-0.25, -0.2) is 0 Å². The number of phenols is 1. The van der Waals surface area contributed by atoms with Gasteiger partial charge in [-0.2, -0.15) is 0 Å². The van der Waals surface area contributed by atoms with Gasteiger partial charge < -0.3 is 22.8 Å². The Balaban J connectivity index is 2.01. The van der Waals surface area contributed by atoms with Crippen LogP contribution in [0.2, 0.25) is 0 Å². The molecule has 2 aromatic carbocycles. The van der Waals surface area contributed by atoms with Crippen molar-refractivity contribution < 1.29 is 22.8 Å². The molecule has 2 aromatic rings. The monoisotopic (exact) mass is 267 g/mol. The molecule has 0 saturated heterocycles. The summed E-state index contributed by atoms with van der Waals surface area (Å²) in [7, 11) is 0. The van der Waals surface area contributed by atoms with Crippen molar-refractivity contribution in [2.45, 2.75) is 6.61 Å². The summed E-state index contributed by atoms with van der Waals surface area (Å²) in [6.07, 6.45) is 0. The fourth-order valence-corrected chi connectivity index (χ4v) is 1.60. The third kappa shape index (κ3) is 3.68. The molecule has 100 valence electrons. The standard InChI is InChI=1S/C13H11BF3O2/c15-14(16,17)11-4-6-13(7-5-11)19-9-10-2-1-3-12(18)8-10/h1-8,18H,9H2/q-1. The summed E-state index contributed by atoms with van der Waals surface area (Å²) < 4.78 is 42.6. The minimum Gasteiger partial charge on any atom is -0.508 e. The van der Waals surface area contributed by atoms with E-state index in [1.54, 1.807) is 12.1 Å². The van der Waals surface area contributed by atoms with E-state index in [1.807, 2.05) is 0 Å². The first-order valence-corrected chi connectivity index (χ1v) is 5.66. The van der Waals surface area contributed by atoms with Crippen LogP contribution in [0.5, 0.6) is 11.5 Å². The van der Waals surface area contributed by atoms with Crippen molar-refractivity contribution in [2.24, 2.45) is 0 Å². The average Bonchev–Trinajstić information content (AvgIpc) is 2.36. The molecule has 0 aliphatic rings. The summed E-state index contributed by atoms with van der Waals surface area (Å²) in [5.74, 6) is 0.475. The van der Waals surface area contributed by atoms with Gasteiger partial charge in [0.1, 0.15) is 18.1 Å². The molecule has 0 aliphatic heterocycles. The fraction of sp³-hybridized carbons (Fsp3) is 0.0769. The normalized spacial score (nSPS) is 11.3.